The van der Waals surface area contributed by atoms with E-state index in [0.717, 1.165) is 15.6 Å². The monoisotopic (exact) mass is 261 g/mol. The SMILES string of the molecule is Cc1csc(S(=O)(=O)N2CCNCC2=O)n1. The van der Waals surface area contributed by atoms with Crippen molar-refractivity contribution in [3.8, 4) is 0 Å². The number of aromatic nitrogens is 1. The first-order valence-electron chi connectivity index (χ1n) is 4.70. The third-order valence-electron chi connectivity index (χ3n) is 2.15. The van der Waals surface area contributed by atoms with Gasteiger partial charge in [0.1, 0.15) is 0 Å². The number of aryl methyl sites for hydroxylation is 1. The molecule has 0 spiro atoms. The summed E-state index contributed by atoms with van der Waals surface area (Å²) in [5.74, 6) is -0.431. The summed E-state index contributed by atoms with van der Waals surface area (Å²) in [6.07, 6.45) is 0. The minimum atomic E-state index is -3.74. The molecule has 1 N–H and O–H groups in total. The fourth-order valence-electron chi connectivity index (χ4n) is 1.39. The van der Waals surface area contributed by atoms with E-state index in [2.05, 4.69) is 10.3 Å². The number of nitrogens with zero attached hydrogens (tertiary/aromatic N) is 2. The van der Waals surface area contributed by atoms with Gasteiger partial charge in [0.15, 0.2) is 0 Å². The number of carbonyl (C=O) groups is 1. The Morgan fingerprint density at radius 2 is 2.31 bits per heavy atom. The largest absolute Gasteiger partial charge is 0.307 e. The van der Waals surface area contributed by atoms with Crippen molar-refractivity contribution in [1.82, 2.24) is 14.6 Å². The molecule has 1 aliphatic heterocycles. The van der Waals surface area contributed by atoms with Crippen LogP contribution in [-0.4, -0.2) is 43.2 Å². The van der Waals surface area contributed by atoms with Crippen LogP contribution in [0.5, 0.6) is 0 Å². The number of piperazine rings is 1. The van der Waals surface area contributed by atoms with E-state index in [1.807, 2.05) is 0 Å². The number of hydrogen-bond donors (Lipinski definition) is 1. The molecule has 1 aromatic rings. The van der Waals surface area contributed by atoms with Crippen molar-refractivity contribution in [1.29, 1.82) is 0 Å². The second-order valence-corrected chi connectivity index (χ2v) is 6.30. The first kappa shape index (κ1) is 11.5. The predicted molar refractivity (Wildman–Crippen MR) is 58.6 cm³/mol. The van der Waals surface area contributed by atoms with E-state index >= 15 is 0 Å². The van der Waals surface area contributed by atoms with Gasteiger partial charge in [0, 0.05) is 24.2 Å². The third-order valence-corrected chi connectivity index (χ3v) is 5.33. The van der Waals surface area contributed by atoms with Crippen LogP contribution in [0.4, 0.5) is 0 Å². The maximum Gasteiger partial charge on any atom is 0.293 e. The number of sulfonamides is 1. The average molecular weight is 261 g/mol. The normalized spacial score (nSPS) is 17.8. The summed E-state index contributed by atoms with van der Waals surface area (Å²) in [5.41, 5.74) is 0.645. The molecule has 2 heterocycles. The summed E-state index contributed by atoms with van der Waals surface area (Å²) in [6.45, 7) is 2.42. The maximum absolute atomic E-state index is 12.0. The molecule has 1 aromatic heterocycles. The Labute approximate surface area is 97.3 Å². The van der Waals surface area contributed by atoms with E-state index in [9.17, 15) is 13.2 Å². The van der Waals surface area contributed by atoms with Crippen LogP contribution < -0.4 is 5.32 Å². The van der Waals surface area contributed by atoms with E-state index < -0.39 is 15.9 Å². The molecule has 2 rings (SSSR count). The molecule has 88 valence electrons. The Morgan fingerprint density at radius 1 is 1.56 bits per heavy atom. The number of amides is 1. The smallest absolute Gasteiger partial charge is 0.293 e. The van der Waals surface area contributed by atoms with Crippen molar-refractivity contribution in [3.63, 3.8) is 0 Å². The number of rotatable bonds is 2. The van der Waals surface area contributed by atoms with Crippen LogP contribution in [0.15, 0.2) is 9.72 Å². The summed E-state index contributed by atoms with van der Waals surface area (Å²) in [5, 5.41) is 4.47. The van der Waals surface area contributed by atoms with Gasteiger partial charge in [0.25, 0.3) is 10.0 Å². The highest BCUT2D eigenvalue weighted by Gasteiger charge is 2.32. The van der Waals surface area contributed by atoms with Gasteiger partial charge >= 0.3 is 0 Å². The topological polar surface area (TPSA) is 79.4 Å². The fourth-order valence-corrected chi connectivity index (χ4v) is 3.92. The molecule has 0 saturated carbocycles. The van der Waals surface area contributed by atoms with Gasteiger partial charge in [-0.15, -0.1) is 11.3 Å². The fraction of sp³-hybridized carbons (Fsp3) is 0.500. The van der Waals surface area contributed by atoms with Gasteiger partial charge in [-0.1, -0.05) is 0 Å². The second kappa shape index (κ2) is 4.11. The van der Waals surface area contributed by atoms with Crippen molar-refractivity contribution >= 4 is 27.3 Å². The van der Waals surface area contributed by atoms with Crippen LogP contribution in [0.1, 0.15) is 5.69 Å². The summed E-state index contributed by atoms with van der Waals surface area (Å²) in [4.78, 5) is 15.4. The molecule has 8 heteroatoms. The van der Waals surface area contributed by atoms with Crippen LogP contribution >= 0.6 is 11.3 Å². The molecule has 0 aliphatic carbocycles. The predicted octanol–water partition coefficient (Wildman–Crippen LogP) is -0.428. The molecule has 1 fully saturated rings. The molecule has 0 bridgehead atoms. The van der Waals surface area contributed by atoms with Crippen LogP contribution in [0.25, 0.3) is 0 Å². The molecular formula is C8H11N3O3S2. The standard InChI is InChI=1S/C8H11N3O3S2/c1-6-5-15-8(10-6)16(13,14)11-3-2-9-4-7(11)12/h5,9H,2-4H2,1H3. The maximum atomic E-state index is 12.0. The van der Waals surface area contributed by atoms with Crippen LogP contribution in [0.2, 0.25) is 0 Å². The Hall–Kier alpha value is -0.990. The van der Waals surface area contributed by atoms with Crippen molar-refractivity contribution in [2.24, 2.45) is 0 Å². The quantitative estimate of drug-likeness (QED) is 0.781. The lowest BCUT2D eigenvalue weighted by Gasteiger charge is -2.25. The Bertz CT molecular complexity index is 508. The van der Waals surface area contributed by atoms with Gasteiger partial charge in [-0.05, 0) is 6.92 Å². The number of nitrogens with one attached hydrogen (secondary N) is 1. The lowest BCUT2D eigenvalue weighted by molar-refractivity contribution is -0.126. The van der Waals surface area contributed by atoms with E-state index in [4.69, 9.17) is 0 Å². The first-order valence-corrected chi connectivity index (χ1v) is 7.02. The molecule has 1 amide bonds. The first-order chi connectivity index (χ1) is 7.51. The van der Waals surface area contributed by atoms with Crippen LogP contribution in [0, 0.1) is 6.92 Å². The molecule has 0 unspecified atom stereocenters. The summed E-state index contributed by atoms with van der Waals surface area (Å²) < 4.78 is 24.9. The summed E-state index contributed by atoms with van der Waals surface area (Å²) in [7, 11) is -3.74. The van der Waals surface area contributed by atoms with Crippen molar-refractivity contribution in [3.05, 3.63) is 11.1 Å². The molecule has 0 radical (unpaired) electrons. The second-order valence-electron chi connectivity index (χ2n) is 3.40. The van der Waals surface area contributed by atoms with Crippen molar-refractivity contribution < 1.29 is 13.2 Å². The minimum Gasteiger partial charge on any atom is -0.307 e. The Morgan fingerprint density at radius 3 is 2.88 bits per heavy atom. The van der Waals surface area contributed by atoms with Gasteiger partial charge in [-0.25, -0.2) is 9.29 Å². The molecule has 6 nitrogen and oxygen atoms in total. The van der Waals surface area contributed by atoms with Gasteiger partial charge in [0.05, 0.1) is 6.54 Å². The van der Waals surface area contributed by atoms with E-state index in [1.54, 1.807) is 12.3 Å². The Balaban J connectivity index is 2.35. The van der Waals surface area contributed by atoms with E-state index in [1.165, 1.54) is 0 Å². The van der Waals surface area contributed by atoms with Crippen molar-refractivity contribution in [2.75, 3.05) is 19.6 Å². The zero-order valence-electron chi connectivity index (χ0n) is 8.63. The van der Waals surface area contributed by atoms with Gasteiger partial charge < -0.3 is 5.32 Å². The number of hydrogen-bond acceptors (Lipinski definition) is 6. The van der Waals surface area contributed by atoms with Gasteiger partial charge in [-0.2, -0.15) is 8.42 Å². The van der Waals surface area contributed by atoms with E-state index in [-0.39, 0.29) is 17.4 Å². The zero-order valence-corrected chi connectivity index (χ0v) is 10.3. The molecule has 0 atom stereocenters. The molecule has 16 heavy (non-hydrogen) atoms. The highest BCUT2D eigenvalue weighted by molar-refractivity contribution is 7.91. The third kappa shape index (κ3) is 1.95. The van der Waals surface area contributed by atoms with Gasteiger partial charge in [-0.3, -0.25) is 4.79 Å². The van der Waals surface area contributed by atoms with E-state index in [0.29, 0.717) is 12.2 Å². The highest BCUT2D eigenvalue weighted by Crippen LogP contribution is 2.20. The van der Waals surface area contributed by atoms with Crippen LogP contribution in [-0.2, 0) is 14.8 Å². The lowest BCUT2D eigenvalue weighted by Crippen LogP contribution is -2.50. The number of thiazole rings is 1. The summed E-state index contributed by atoms with van der Waals surface area (Å²) >= 11 is 1.04. The molecule has 1 aliphatic rings. The highest BCUT2D eigenvalue weighted by atomic mass is 32.2. The number of carbonyl (C=O) groups excluding carboxylic acids is 1. The molecule has 1 saturated heterocycles. The van der Waals surface area contributed by atoms with Crippen molar-refractivity contribution in [2.45, 2.75) is 11.3 Å². The molecule has 0 aromatic carbocycles. The summed E-state index contributed by atoms with van der Waals surface area (Å²) in [6, 6.07) is 0. The average Bonchev–Trinajstić information content (AvgIpc) is 2.66. The van der Waals surface area contributed by atoms with Crippen LogP contribution in [0.3, 0.4) is 0 Å². The zero-order chi connectivity index (χ0) is 11.8. The lowest BCUT2D eigenvalue weighted by atomic mass is 10.4. The Kier molecular flexibility index (Phi) is 2.96. The minimum absolute atomic E-state index is 0.0137. The van der Waals surface area contributed by atoms with Gasteiger partial charge in [0.2, 0.25) is 10.2 Å². The molecular weight excluding hydrogens is 250 g/mol.